The molecule has 4 rings (SSSR count). The number of ether oxygens (including phenoxy) is 1. The molecule has 0 unspecified atom stereocenters. The van der Waals surface area contributed by atoms with E-state index in [9.17, 15) is 9.59 Å². The van der Waals surface area contributed by atoms with Gasteiger partial charge in [-0.25, -0.2) is 4.68 Å². The van der Waals surface area contributed by atoms with Crippen LogP contribution in [-0.2, 0) is 22.6 Å². The molecule has 0 radical (unpaired) electrons. The second-order valence-corrected chi connectivity index (χ2v) is 7.38. The molecule has 30 heavy (non-hydrogen) atoms. The minimum atomic E-state index is -0.312. The molecule has 1 N–H and O–H groups in total. The van der Waals surface area contributed by atoms with E-state index in [1.165, 1.54) is 4.68 Å². The van der Waals surface area contributed by atoms with E-state index in [0.717, 1.165) is 21.9 Å². The lowest BCUT2D eigenvalue weighted by molar-refractivity contribution is -0.122. The number of benzene rings is 2. The molecule has 0 aliphatic carbocycles. The number of aromatic nitrogens is 3. The van der Waals surface area contributed by atoms with E-state index in [-0.39, 0.29) is 18.0 Å². The number of nitrogens with one attached hydrogen (secondary N) is 1. The van der Waals surface area contributed by atoms with Crippen LogP contribution in [0.5, 0.6) is 0 Å². The van der Waals surface area contributed by atoms with Gasteiger partial charge in [-0.15, -0.1) is 0 Å². The number of rotatable bonds is 7. The zero-order valence-electron chi connectivity index (χ0n) is 16.5. The van der Waals surface area contributed by atoms with Crippen molar-refractivity contribution in [2.24, 2.45) is 0 Å². The number of hydrogen-bond acceptors (Lipinski definition) is 4. The normalized spacial score (nSPS) is 11.3. The quantitative estimate of drug-likeness (QED) is 0.463. The van der Waals surface area contributed by atoms with E-state index >= 15 is 0 Å². The molecule has 8 heteroatoms. The van der Waals surface area contributed by atoms with Gasteiger partial charge in [0.25, 0.3) is 5.56 Å². The first-order valence-corrected chi connectivity index (χ1v) is 9.93. The number of hydrogen-bond donors (Lipinski definition) is 1. The maximum absolute atomic E-state index is 13.3. The highest BCUT2D eigenvalue weighted by atomic mass is 35.5. The zero-order chi connectivity index (χ0) is 21.1. The predicted molar refractivity (Wildman–Crippen MR) is 117 cm³/mol. The van der Waals surface area contributed by atoms with E-state index in [1.54, 1.807) is 13.3 Å². The number of para-hydroxylation sites is 1. The second-order valence-electron chi connectivity index (χ2n) is 6.95. The molecular formula is C22H21ClN4O3. The molecule has 0 aliphatic heterocycles. The third-order valence-corrected chi connectivity index (χ3v) is 5.16. The Balaban J connectivity index is 1.80. The van der Waals surface area contributed by atoms with Gasteiger partial charge in [-0.05, 0) is 23.8 Å². The molecule has 0 saturated heterocycles. The van der Waals surface area contributed by atoms with Gasteiger partial charge in [0.15, 0.2) is 0 Å². The summed E-state index contributed by atoms with van der Waals surface area (Å²) in [5, 5.41) is 9.28. The van der Waals surface area contributed by atoms with Crippen LogP contribution < -0.4 is 10.9 Å². The van der Waals surface area contributed by atoms with E-state index in [2.05, 4.69) is 10.4 Å². The van der Waals surface area contributed by atoms with Crippen LogP contribution in [0.2, 0.25) is 5.02 Å². The van der Waals surface area contributed by atoms with Gasteiger partial charge in [-0.2, -0.15) is 5.10 Å². The first kappa shape index (κ1) is 20.1. The molecule has 7 nitrogen and oxygen atoms in total. The van der Waals surface area contributed by atoms with Crippen LogP contribution >= 0.6 is 11.6 Å². The van der Waals surface area contributed by atoms with Gasteiger partial charge < -0.3 is 14.6 Å². The van der Waals surface area contributed by atoms with Crippen molar-refractivity contribution in [3.63, 3.8) is 0 Å². The van der Waals surface area contributed by atoms with Crippen LogP contribution in [-0.4, -0.2) is 40.5 Å². The minimum absolute atomic E-state index is 0.156. The molecule has 2 aromatic heterocycles. The molecule has 2 heterocycles. The molecule has 0 bridgehead atoms. The van der Waals surface area contributed by atoms with Gasteiger partial charge in [0.2, 0.25) is 5.91 Å². The number of fused-ring (bicyclic) bond motifs is 3. The van der Waals surface area contributed by atoms with Crippen molar-refractivity contribution < 1.29 is 9.53 Å². The molecular weight excluding hydrogens is 404 g/mol. The predicted octanol–water partition coefficient (Wildman–Crippen LogP) is 2.82. The van der Waals surface area contributed by atoms with Gasteiger partial charge in [-0.1, -0.05) is 41.9 Å². The largest absolute Gasteiger partial charge is 0.383 e. The summed E-state index contributed by atoms with van der Waals surface area (Å²) in [5.41, 5.74) is 2.10. The molecule has 154 valence electrons. The van der Waals surface area contributed by atoms with Crippen LogP contribution in [0.3, 0.4) is 0 Å². The monoisotopic (exact) mass is 424 g/mol. The van der Waals surface area contributed by atoms with E-state index < -0.39 is 0 Å². The Kier molecular flexibility index (Phi) is 5.83. The number of halogens is 1. The van der Waals surface area contributed by atoms with Gasteiger partial charge in [0.1, 0.15) is 12.1 Å². The first-order chi connectivity index (χ1) is 14.6. The molecule has 0 fully saturated rings. The van der Waals surface area contributed by atoms with Crippen LogP contribution in [0, 0.1) is 0 Å². The van der Waals surface area contributed by atoms with Crippen molar-refractivity contribution in [1.82, 2.24) is 19.7 Å². The van der Waals surface area contributed by atoms with Crippen LogP contribution in [0.15, 0.2) is 59.5 Å². The highest BCUT2D eigenvalue weighted by molar-refractivity contribution is 6.30. The minimum Gasteiger partial charge on any atom is -0.383 e. The van der Waals surface area contributed by atoms with E-state index in [4.69, 9.17) is 16.3 Å². The summed E-state index contributed by atoms with van der Waals surface area (Å²) in [7, 11) is 1.56. The van der Waals surface area contributed by atoms with Crippen LogP contribution in [0.25, 0.3) is 21.8 Å². The Morgan fingerprint density at radius 2 is 2.00 bits per heavy atom. The number of nitrogens with zero attached hydrogens (tertiary/aromatic N) is 3. The molecule has 0 saturated carbocycles. The average molecular weight is 425 g/mol. The van der Waals surface area contributed by atoms with Crippen molar-refractivity contribution >= 4 is 39.3 Å². The highest BCUT2D eigenvalue weighted by Crippen LogP contribution is 2.27. The SMILES string of the molecule is COCCNC(=O)Cn1ncc2c3ccccc3n(Cc3cccc(Cl)c3)c2c1=O. The fraction of sp³-hybridized carbons (Fsp3) is 0.227. The highest BCUT2D eigenvalue weighted by Gasteiger charge is 2.17. The topological polar surface area (TPSA) is 78.2 Å². The number of methoxy groups -OCH3 is 1. The van der Waals surface area contributed by atoms with E-state index in [0.29, 0.717) is 30.2 Å². The number of carbonyl (C=O) groups excluding carboxylic acids is 1. The fourth-order valence-corrected chi connectivity index (χ4v) is 3.79. The lowest BCUT2D eigenvalue weighted by Crippen LogP contribution is -2.35. The van der Waals surface area contributed by atoms with Gasteiger partial charge in [0, 0.05) is 41.5 Å². The van der Waals surface area contributed by atoms with Crippen LogP contribution in [0.1, 0.15) is 5.56 Å². The summed E-state index contributed by atoms with van der Waals surface area (Å²) in [5.74, 6) is -0.293. The lowest BCUT2D eigenvalue weighted by Gasteiger charge is -2.10. The summed E-state index contributed by atoms with van der Waals surface area (Å²) in [6, 6.07) is 15.4. The Labute approximate surface area is 177 Å². The second kappa shape index (κ2) is 8.69. The summed E-state index contributed by atoms with van der Waals surface area (Å²) < 4.78 is 8.08. The Morgan fingerprint density at radius 1 is 1.17 bits per heavy atom. The zero-order valence-corrected chi connectivity index (χ0v) is 17.2. The Morgan fingerprint density at radius 3 is 2.80 bits per heavy atom. The van der Waals surface area contributed by atoms with Crippen molar-refractivity contribution in [2.45, 2.75) is 13.1 Å². The van der Waals surface area contributed by atoms with Crippen molar-refractivity contribution in [3.8, 4) is 0 Å². The van der Waals surface area contributed by atoms with Gasteiger partial charge in [0.05, 0.1) is 12.8 Å². The fourth-order valence-electron chi connectivity index (χ4n) is 3.57. The molecule has 2 aromatic carbocycles. The number of amides is 1. The third-order valence-electron chi connectivity index (χ3n) is 4.92. The van der Waals surface area contributed by atoms with Crippen molar-refractivity contribution in [2.75, 3.05) is 20.3 Å². The number of carbonyl (C=O) groups is 1. The summed E-state index contributed by atoms with van der Waals surface area (Å²) in [4.78, 5) is 25.5. The molecule has 4 aromatic rings. The van der Waals surface area contributed by atoms with Gasteiger partial charge in [-0.3, -0.25) is 9.59 Å². The lowest BCUT2D eigenvalue weighted by atomic mass is 10.2. The summed E-state index contributed by atoms with van der Waals surface area (Å²) >= 11 is 6.15. The smallest absolute Gasteiger partial charge is 0.291 e. The summed E-state index contributed by atoms with van der Waals surface area (Å²) in [6.45, 7) is 1.10. The summed E-state index contributed by atoms with van der Waals surface area (Å²) in [6.07, 6.45) is 1.65. The average Bonchev–Trinajstić information content (AvgIpc) is 3.05. The first-order valence-electron chi connectivity index (χ1n) is 9.55. The Hall–Kier alpha value is -3.16. The van der Waals surface area contributed by atoms with Crippen LogP contribution in [0.4, 0.5) is 0 Å². The molecule has 1 amide bonds. The molecule has 0 spiro atoms. The maximum Gasteiger partial charge on any atom is 0.291 e. The molecule has 0 aliphatic rings. The Bertz CT molecular complexity index is 1280. The van der Waals surface area contributed by atoms with Crippen molar-refractivity contribution in [3.05, 3.63) is 75.7 Å². The molecule has 0 atom stereocenters. The standard InChI is InChI=1S/C22H21ClN4O3/c1-30-10-9-24-20(28)14-27-22(29)21-18(12-25-27)17-7-2-3-8-19(17)26(21)13-15-5-4-6-16(23)11-15/h2-8,11-12H,9-10,13-14H2,1H3,(H,24,28). The third kappa shape index (κ3) is 3.94. The van der Waals surface area contributed by atoms with Crippen molar-refractivity contribution in [1.29, 1.82) is 0 Å². The van der Waals surface area contributed by atoms with Gasteiger partial charge >= 0.3 is 0 Å². The maximum atomic E-state index is 13.3. The van der Waals surface area contributed by atoms with E-state index in [1.807, 2.05) is 53.1 Å².